The molecule has 8 rings (SSSR count). The molecule has 4 atom stereocenters. The summed E-state index contributed by atoms with van der Waals surface area (Å²) in [5.41, 5.74) is 9.38. The summed E-state index contributed by atoms with van der Waals surface area (Å²) in [6.45, 7) is 0.0453. The number of hydrogen-bond acceptors (Lipinski definition) is 16. The van der Waals surface area contributed by atoms with E-state index in [-0.39, 0.29) is 137 Å². The molecule has 0 aromatic heterocycles. The average molecular weight is 934 g/mol. The molecule has 326 valence electrons. The summed E-state index contributed by atoms with van der Waals surface area (Å²) in [4.78, 5) is 30.4. The van der Waals surface area contributed by atoms with Crippen LogP contribution in [0.2, 0.25) is 0 Å². The zero-order valence-electron chi connectivity index (χ0n) is 35.5. The van der Waals surface area contributed by atoms with E-state index in [9.17, 15) is 35.5 Å². The predicted molar refractivity (Wildman–Crippen MR) is 225 cm³/mol. The van der Waals surface area contributed by atoms with Gasteiger partial charge in [0, 0.05) is 36.6 Å². The normalized spacial score (nSPS) is 19.9. The first-order valence-electron chi connectivity index (χ1n) is 19.3. The van der Waals surface area contributed by atoms with Gasteiger partial charge in [0.2, 0.25) is 0 Å². The van der Waals surface area contributed by atoms with Crippen molar-refractivity contribution in [2.24, 2.45) is 0 Å². The van der Waals surface area contributed by atoms with Crippen LogP contribution >= 0.6 is 0 Å². The number of nitrogens with zero attached hydrogens (tertiary/aromatic N) is 2. The molecule has 4 heterocycles. The summed E-state index contributed by atoms with van der Waals surface area (Å²) >= 11 is 0. The van der Waals surface area contributed by atoms with E-state index in [1.165, 1.54) is 55.4 Å². The number of amides is 2. The van der Waals surface area contributed by atoms with E-state index in [2.05, 4.69) is 10.6 Å². The van der Waals surface area contributed by atoms with Crippen LogP contribution in [0.25, 0.3) is 11.1 Å². The Hall–Kier alpha value is -4.48. The first-order chi connectivity index (χ1) is 29.6. The van der Waals surface area contributed by atoms with Crippen LogP contribution in [-0.2, 0) is 20.2 Å². The van der Waals surface area contributed by atoms with Crippen molar-refractivity contribution in [3.63, 3.8) is 0 Å². The molecule has 0 fully saturated rings. The second-order valence-electron chi connectivity index (χ2n) is 14.9. The standard InChI is InChI=1S/C42H43N5O13S2.2Na/c1-56-28-11-7-24(8-12-28)26-16-34-40(62(53,54)55)45-32-20-38(36(58-3)18-30(32)42(49)47(34)22-26)60-14-4-13-59-37-19-31-29(17-35(37)57-2)41(48)46-21-25(23-5-9-27(43)10-6-23)15-33(46)39(44-31)61(50,51)52;;/h5-12,17-22,33-34,39-40,44-45H,4,13-16,43H2,1-3H3,(H,50,51,52)(H,53,54,55);;/q;2*+1/p-2/t33-,34-,39-,40-;;/m0../s1. The van der Waals surface area contributed by atoms with Gasteiger partial charge < -0.3 is 59.0 Å². The molecule has 4 aromatic carbocycles. The molecule has 0 bridgehead atoms. The number of hydrogen-bond donors (Lipinski definition) is 3. The number of ether oxygens (including phenoxy) is 5. The topological polar surface area (TPSA) is 251 Å². The van der Waals surface area contributed by atoms with Crippen molar-refractivity contribution in [1.29, 1.82) is 0 Å². The van der Waals surface area contributed by atoms with Crippen molar-refractivity contribution >= 4 is 60.3 Å². The number of fused-ring (bicyclic) bond motifs is 4. The molecule has 0 saturated heterocycles. The molecule has 0 unspecified atom stereocenters. The smallest absolute Gasteiger partial charge is 0.746 e. The van der Waals surface area contributed by atoms with Crippen LogP contribution in [-0.4, -0.2) is 105 Å². The van der Waals surface area contributed by atoms with E-state index < -0.39 is 54.9 Å². The Bertz CT molecular complexity index is 2740. The van der Waals surface area contributed by atoms with Crippen molar-refractivity contribution in [2.45, 2.75) is 42.1 Å². The number of carbonyl (C=O) groups excluding carboxylic acids is 2. The fourth-order valence-electron chi connectivity index (χ4n) is 8.08. The zero-order chi connectivity index (χ0) is 44.1. The zero-order valence-corrected chi connectivity index (χ0v) is 41.2. The Labute approximate surface area is 414 Å². The first kappa shape index (κ1) is 49.0. The molecule has 0 spiro atoms. The quantitative estimate of drug-likeness (QED) is 0.0582. The van der Waals surface area contributed by atoms with E-state index in [0.717, 1.165) is 11.1 Å². The number of nitrogens with one attached hydrogen (secondary N) is 2. The van der Waals surface area contributed by atoms with Gasteiger partial charge in [0.1, 0.15) is 36.7 Å². The molecule has 0 radical (unpaired) electrons. The summed E-state index contributed by atoms with van der Waals surface area (Å²) < 4.78 is 104. The molecule has 64 heavy (non-hydrogen) atoms. The Morgan fingerprint density at radius 3 is 1.41 bits per heavy atom. The summed E-state index contributed by atoms with van der Waals surface area (Å²) in [6, 6.07) is 17.5. The summed E-state index contributed by atoms with van der Waals surface area (Å²) in [5, 5.41) is 2.20. The summed E-state index contributed by atoms with van der Waals surface area (Å²) in [6.07, 6.45) is 3.52. The van der Waals surface area contributed by atoms with Crippen molar-refractivity contribution < 1.29 is 118 Å². The third-order valence-electron chi connectivity index (χ3n) is 11.2. The van der Waals surface area contributed by atoms with E-state index >= 15 is 0 Å². The third kappa shape index (κ3) is 9.72. The molecule has 0 aliphatic carbocycles. The number of carbonyl (C=O) groups is 2. The number of nitrogen functional groups attached to an aromatic ring is 1. The molecule has 4 N–H and O–H groups in total. The van der Waals surface area contributed by atoms with Gasteiger partial charge in [-0.05, 0) is 71.5 Å². The number of rotatable bonds is 13. The van der Waals surface area contributed by atoms with Crippen molar-refractivity contribution in [3.8, 4) is 28.7 Å². The molecule has 2 amide bonds. The van der Waals surface area contributed by atoms with Gasteiger partial charge in [-0.3, -0.25) is 9.59 Å². The number of anilines is 3. The van der Waals surface area contributed by atoms with Crippen LogP contribution in [0.4, 0.5) is 17.1 Å². The van der Waals surface area contributed by atoms with Crippen LogP contribution in [0.15, 0.2) is 85.2 Å². The largest absolute Gasteiger partial charge is 1.00 e. The van der Waals surface area contributed by atoms with Crippen LogP contribution < -0.4 is 99.2 Å². The predicted octanol–water partition coefficient (Wildman–Crippen LogP) is -1.74. The van der Waals surface area contributed by atoms with Crippen molar-refractivity contribution in [3.05, 3.63) is 107 Å². The van der Waals surface area contributed by atoms with E-state index in [1.54, 1.807) is 60.9 Å². The molecule has 4 aliphatic heterocycles. The molecular formula is C42H41N5Na2O13S2. The maximum Gasteiger partial charge on any atom is 1.00 e. The first-order valence-corrected chi connectivity index (χ1v) is 22.2. The summed E-state index contributed by atoms with van der Waals surface area (Å²) in [5.74, 6) is 0.152. The van der Waals surface area contributed by atoms with Crippen LogP contribution in [0.5, 0.6) is 28.7 Å². The van der Waals surface area contributed by atoms with Gasteiger partial charge >= 0.3 is 59.1 Å². The molecule has 4 aromatic rings. The SMILES string of the molecule is COc1ccc(C2=CN3C(=O)c4cc(OC)c(OCCCOc5cc6c(cc5OC)C(=O)N5C=C(c7ccc(N)cc7)C[C@H]5[C@H](S(=O)(=O)[O-])N6)cc4N[C@@H](S(=O)(=O)[O-])[C@@H]3C2)cc1.[Na+].[Na+]. The van der Waals surface area contributed by atoms with Crippen molar-refractivity contribution in [2.75, 3.05) is 50.9 Å². The van der Waals surface area contributed by atoms with E-state index in [1.807, 2.05) is 0 Å². The number of methoxy groups -OCH3 is 3. The maximum absolute atomic E-state index is 14.0. The fourth-order valence-corrected chi connectivity index (χ4v) is 9.84. The van der Waals surface area contributed by atoms with Gasteiger partial charge in [-0.15, -0.1) is 0 Å². The van der Waals surface area contributed by atoms with Gasteiger partial charge in [-0.25, -0.2) is 16.8 Å². The number of benzene rings is 4. The second kappa shape index (κ2) is 19.5. The van der Waals surface area contributed by atoms with Crippen LogP contribution in [0, 0.1) is 0 Å². The fraction of sp³-hybridized carbons (Fsp3) is 0.286. The Kier molecular flexibility index (Phi) is 15.0. The van der Waals surface area contributed by atoms with Gasteiger partial charge in [0.05, 0.1) is 69.1 Å². The molecule has 18 nitrogen and oxygen atoms in total. The van der Waals surface area contributed by atoms with Crippen molar-refractivity contribution in [1.82, 2.24) is 9.80 Å². The van der Waals surface area contributed by atoms with Crippen LogP contribution in [0.3, 0.4) is 0 Å². The van der Waals surface area contributed by atoms with Gasteiger partial charge in [0.15, 0.2) is 23.0 Å². The molecule has 22 heteroatoms. The van der Waals surface area contributed by atoms with Crippen LogP contribution in [0.1, 0.15) is 51.1 Å². The average Bonchev–Trinajstić information content (AvgIpc) is 3.84. The molecule has 0 saturated carbocycles. The monoisotopic (exact) mass is 933 g/mol. The number of nitrogens with two attached hydrogens (primary N) is 1. The minimum absolute atomic E-state index is 0. The van der Waals surface area contributed by atoms with Gasteiger partial charge in [-0.2, -0.15) is 0 Å². The minimum Gasteiger partial charge on any atom is -0.746 e. The second-order valence-corrected chi connectivity index (χ2v) is 17.9. The van der Waals surface area contributed by atoms with E-state index in [4.69, 9.17) is 29.4 Å². The maximum atomic E-state index is 14.0. The molecule has 4 aliphatic rings. The third-order valence-corrected chi connectivity index (χ3v) is 13.3. The Balaban J connectivity index is 0.00000340. The van der Waals surface area contributed by atoms with Gasteiger partial charge in [0.25, 0.3) is 11.8 Å². The Morgan fingerprint density at radius 2 is 1.03 bits per heavy atom. The molecular weight excluding hydrogens is 893 g/mol. The Morgan fingerprint density at radius 1 is 0.625 bits per heavy atom. The summed E-state index contributed by atoms with van der Waals surface area (Å²) in [7, 11) is -5.70. The van der Waals surface area contributed by atoms with E-state index in [0.29, 0.717) is 22.6 Å². The van der Waals surface area contributed by atoms with Gasteiger partial charge in [-0.1, -0.05) is 24.3 Å². The minimum atomic E-state index is -4.99.